The Morgan fingerprint density at radius 2 is 1.24 bits per heavy atom. The molecular formula is C20H15N5. The van der Waals surface area contributed by atoms with Crippen LogP contribution in [0.5, 0.6) is 0 Å². The highest BCUT2D eigenvalue weighted by molar-refractivity contribution is 5.87. The summed E-state index contributed by atoms with van der Waals surface area (Å²) in [5, 5.41) is 0. The summed E-state index contributed by atoms with van der Waals surface area (Å²) in [5.74, 6) is 1.63. The van der Waals surface area contributed by atoms with Gasteiger partial charge in [0.25, 0.3) is 0 Å². The number of fused-ring (bicyclic) bond motifs is 2. The number of rotatable bonds is 2. The van der Waals surface area contributed by atoms with Gasteiger partial charge in [-0.05, 0) is 30.3 Å². The highest BCUT2D eigenvalue weighted by atomic mass is 14.9. The topological polar surface area (TPSA) is 83.4 Å². The average molecular weight is 325 g/mol. The normalized spacial score (nSPS) is 11.4. The minimum atomic E-state index is 0.716. The van der Waals surface area contributed by atoms with Crippen LogP contribution in [-0.2, 0) is 0 Å². The first-order chi connectivity index (χ1) is 12.3. The smallest absolute Gasteiger partial charge is 0.139 e. The number of hydrogen-bond acceptors (Lipinski definition) is 3. The lowest BCUT2D eigenvalue weighted by molar-refractivity contribution is 1.30. The largest absolute Gasteiger partial charge is 0.399 e. The third-order valence-electron chi connectivity index (χ3n) is 4.33. The first-order valence-electron chi connectivity index (χ1n) is 8.08. The van der Waals surface area contributed by atoms with Crippen molar-refractivity contribution in [2.24, 2.45) is 0 Å². The molecule has 5 aromatic rings. The van der Waals surface area contributed by atoms with Crippen LogP contribution in [0.25, 0.3) is 44.8 Å². The number of anilines is 1. The van der Waals surface area contributed by atoms with Crippen molar-refractivity contribution in [1.29, 1.82) is 0 Å². The van der Waals surface area contributed by atoms with E-state index in [2.05, 4.69) is 16.0 Å². The van der Waals surface area contributed by atoms with E-state index >= 15 is 0 Å². The number of nitrogens with one attached hydrogen (secondary N) is 2. The number of benzene rings is 3. The van der Waals surface area contributed by atoms with Gasteiger partial charge in [-0.25, -0.2) is 9.97 Å². The van der Waals surface area contributed by atoms with Crippen LogP contribution in [-0.4, -0.2) is 19.9 Å². The van der Waals surface area contributed by atoms with Crippen molar-refractivity contribution < 1.29 is 0 Å². The molecule has 5 rings (SSSR count). The van der Waals surface area contributed by atoms with E-state index in [-0.39, 0.29) is 0 Å². The van der Waals surface area contributed by atoms with Crippen molar-refractivity contribution >= 4 is 27.8 Å². The standard InChI is InChI=1S/C20H15N5/c21-12-9-10-17-18(11-12)25-20(24-17)14-6-2-1-5-13(14)19-22-15-7-3-4-8-16(15)23-19/h1-11H,21H2,(H,22,23)(H,24,25). The second-order valence-corrected chi connectivity index (χ2v) is 6.01. The van der Waals surface area contributed by atoms with Gasteiger partial charge in [-0.1, -0.05) is 36.4 Å². The number of imidazole rings is 2. The molecule has 5 heteroatoms. The maximum absolute atomic E-state index is 5.87. The summed E-state index contributed by atoms with van der Waals surface area (Å²) in [6, 6.07) is 21.8. The SMILES string of the molecule is Nc1ccc2nc(-c3ccccc3-c3nc4ccccc4[nH]3)[nH]c2c1. The highest BCUT2D eigenvalue weighted by Gasteiger charge is 2.14. The van der Waals surface area contributed by atoms with Crippen LogP contribution in [0.4, 0.5) is 5.69 Å². The summed E-state index contributed by atoms with van der Waals surface area (Å²) < 4.78 is 0. The van der Waals surface area contributed by atoms with Gasteiger partial charge in [-0.2, -0.15) is 0 Å². The Labute approximate surface area is 143 Å². The van der Waals surface area contributed by atoms with Gasteiger partial charge in [0.05, 0.1) is 22.1 Å². The van der Waals surface area contributed by atoms with Crippen LogP contribution in [0.3, 0.4) is 0 Å². The number of hydrogen-bond donors (Lipinski definition) is 3. The molecule has 0 aliphatic heterocycles. The Balaban J connectivity index is 1.71. The van der Waals surface area contributed by atoms with Gasteiger partial charge in [0, 0.05) is 16.8 Å². The molecule has 0 unspecified atom stereocenters. The van der Waals surface area contributed by atoms with Gasteiger partial charge >= 0.3 is 0 Å². The summed E-state index contributed by atoms with van der Waals surface area (Å²) in [4.78, 5) is 16.2. The molecule has 3 aromatic carbocycles. The molecule has 0 bridgehead atoms. The zero-order valence-electron chi connectivity index (χ0n) is 13.3. The number of aromatic nitrogens is 4. The first-order valence-corrected chi connectivity index (χ1v) is 8.08. The minimum Gasteiger partial charge on any atom is -0.399 e. The van der Waals surface area contributed by atoms with E-state index in [4.69, 9.17) is 15.7 Å². The molecule has 0 amide bonds. The molecule has 25 heavy (non-hydrogen) atoms. The Bertz CT molecular complexity index is 1180. The molecular weight excluding hydrogens is 310 g/mol. The predicted octanol–water partition coefficient (Wildman–Crippen LogP) is 4.36. The molecule has 0 fully saturated rings. The number of H-pyrrole nitrogens is 2. The number of para-hydroxylation sites is 2. The molecule has 0 radical (unpaired) electrons. The molecule has 120 valence electrons. The number of nitrogen functional groups attached to an aromatic ring is 1. The first kappa shape index (κ1) is 13.8. The van der Waals surface area contributed by atoms with E-state index in [1.807, 2.05) is 60.7 Å². The van der Waals surface area contributed by atoms with Crippen LogP contribution in [0, 0.1) is 0 Å². The molecule has 5 nitrogen and oxygen atoms in total. The molecule has 0 aliphatic rings. The Morgan fingerprint density at radius 3 is 1.96 bits per heavy atom. The van der Waals surface area contributed by atoms with Gasteiger partial charge in [-0.15, -0.1) is 0 Å². The van der Waals surface area contributed by atoms with E-state index < -0.39 is 0 Å². The lowest BCUT2D eigenvalue weighted by Crippen LogP contribution is -1.88. The summed E-state index contributed by atoms with van der Waals surface area (Å²) >= 11 is 0. The number of nitrogens with two attached hydrogens (primary N) is 1. The van der Waals surface area contributed by atoms with Gasteiger partial charge < -0.3 is 15.7 Å². The van der Waals surface area contributed by atoms with Crippen molar-refractivity contribution in [3.05, 3.63) is 66.7 Å². The molecule has 0 aliphatic carbocycles. The van der Waals surface area contributed by atoms with Crippen molar-refractivity contribution in [1.82, 2.24) is 19.9 Å². The fourth-order valence-electron chi connectivity index (χ4n) is 3.13. The monoisotopic (exact) mass is 325 g/mol. The van der Waals surface area contributed by atoms with E-state index in [0.29, 0.717) is 5.69 Å². The van der Waals surface area contributed by atoms with Gasteiger partial charge in [0.2, 0.25) is 0 Å². The quantitative estimate of drug-likeness (QED) is 0.422. The summed E-state index contributed by atoms with van der Waals surface area (Å²) in [5.41, 5.74) is 12.4. The fraction of sp³-hybridized carbons (Fsp3) is 0. The fourth-order valence-corrected chi connectivity index (χ4v) is 3.13. The van der Waals surface area contributed by atoms with Gasteiger partial charge in [-0.3, -0.25) is 0 Å². The summed E-state index contributed by atoms with van der Waals surface area (Å²) in [6.07, 6.45) is 0. The van der Waals surface area contributed by atoms with Crippen LogP contribution in [0.2, 0.25) is 0 Å². The maximum Gasteiger partial charge on any atom is 0.139 e. The highest BCUT2D eigenvalue weighted by Crippen LogP contribution is 2.31. The van der Waals surface area contributed by atoms with Crippen molar-refractivity contribution in [2.45, 2.75) is 0 Å². The van der Waals surface area contributed by atoms with E-state index in [1.165, 1.54) is 0 Å². The summed E-state index contributed by atoms with van der Waals surface area (Å²) in [7, 11) is 0. The predicted molar refractivity (Wildman–Crippen MR) is 101 cm³/mol. The maximum atomic E-state index is 5.87. The second kappa shape index (κ2) is 5.21. The van der Waals surface area contributed by atoms with Crippen molar-refractivity contribution in [3.8, 4) is 22.8 Å². The lowest BCUT2D eigenvalue weighted by Gasteiger charge is -2.04. The van der Waals surface area contributed by atoms with Crippen LogP contribution < -0.4 is 5.73 Å². The van der Waals surface area contributed by atoms with Gasteiger partial charge in [0.15, 0.2) is 0 Å². The Kier molecular flexibility index (Phi) is 2.87. The zero-order valence-corrected chi connectivity index (χ0v) is 13.3. The average Bonchev–Trinajstić information content (AvgIpc) is 3.25. The molecule has 2 aromatic heterocycles. The molecule has 0 saturated carbocycles. The molecule has 2 heterocycles. The number of nitrogens with zero attached hydrogens (tertiary/aromatic N) is 2. The van der Waals surface area contributed by atoms with Crippen molar-refractivity contribution in [2.75, 3.05) is 5.73 Å². The molecule has 0 saturated heterocycles. The number of aromatic amines is 2. The third kappa shape index (κ3) is 2.25. The van der Waals surface area contributed by atoms with E-state index in [0.717, 1.165) is 44.8 Å². The van der Waals surface area contributed by atoms with E-state index in [1.54, 1.807) is 0 Å². The zero-order chi connectivity index (χ0) is 16.8. The van der Waals surface area contributed by atoms with E-state index in [9.17, 15) is 0 Å². The second-order valence-electron chi connectivity index (χ2n) is 6.01. The molecule has 0 spiro atoms. The minimum absolute atomic E-state index is 0.716. The molecule has 4 N–H and O–H groups in total. The van der Waals surface area contributed by atoms with Gasteiger partial charge in [0.1, 0.15) is 11.6 Å². The Morgan fingerprint density at radius 1 is 0.640 bits per heavy atom. The van der Waals surface area contributed by atoms with Crippen LogP contribution in [0.1, 0.15) is 0 Å². The molecule has 0 atom stereocenters. The van der Waals surface area contributed by atoms with Crippen LogP contribution in [0.15, 0.2) is 66.7 Å². The Hall–Kier alpha value is -3.60. The third-order valence-corrected chi connectivity index (χ3v) is 4.33. The summed E-state index contributed by atoms with van der Waals surface area (Å²) in [6.45, 7) is 0. The lowest BCUT2D eigenvalue weighted by atomic mass is 10.1. The van der Waals surface area contributed by atoms with Crippen molar-refractivity contribution in [3.63, 3.8) is 0 Å². The van der Waals surface area contributed by atoms with Crippen LogP contribution >= 0.6 is 0 Å².